The average Bonchev–Trinajstić information content (AvgIpc) is 3.07. The Bertz CT molecular complexity index is 967. The number of carbonyl (C=O) groups excluding carboxylic acids is 1. The van der Waals surface area contributed by atoms with Crippen LogP contribution < -0.4 is 10.2 Å². The molecular formula is C19H13FN2O2S. The van der Waals surface area contributed by atoms with Crippen molar-refractivity contribution >= 4 is 23.5 Å². The zero-order valence-electron chi connectivity index (χ0n) is 13.0. The van der Waals surface area contributed by atoms with Crippen LogP contribution in [0.15, 0.2) is 59.7 Å². The molecule has 1 aromatic heterocycles. The predicted octanol–water partition coefficient (Wildman–Crippen LogP) is 4.21. The number of rotatable bonds is 3. The summed E-state index contributed by atoms with van der Waals surface area (Å²) in [5.74, 6) is -0.00333. The molecule has 1 amide bonds. The molecule has 1 aliphatic heterocycles. The molecule has 0 radical (unpaired) electrons. The van der Waals surface area contributed by atoms with Crippen molar-refractivity contribution in [3.05, 3.63) is 76.4 Å². The molecule has 0 unspecified atom stereocenters. The molecule has 0 bridgehead atoms. The Balaban J connectivity index is 1.55. The summed E-state index contributed by atoms with van der Waals surface area (Å²) in [6.07, 6.45) is 1.58. The number of carbonyl (C=O) groups is 1. The number of hydrogen-bond acceptors (Lipinski definition) is 4. The van der Waals surface area contributed by atoms with Crippen molar-refractivity contribution in [2.24, 2.45) is 5.10 Å². The summed E-state index contributed by atoms with van der Waals surface area (Å²) in [4.78, 5) is 13.7. The fourth-order valence-electron chi connectivity index (χ4n) is 2.60. The summed E-state index contributed by atoms with van der Waals surface area (Å²) in [5, 5.41) is 3.97. The number of halogens is 1. The molecule has 4 nitrogen and oxygen atoms in total. The van der Waals surface area contributed by atoms with Crippen LogP contribution in [0.4, 0.5) is 4.39 Å². The highest BCUT2D eigenvalue weighted by atomic mass is 32.1. The van der Waals surface area contributed by atoms with Crippen molar-refractivity contribution in [1.82, 2.24) is 5.43 Å². The lowest BCUT2D eigenvalue weighted by Gasteiger charge is -2.17. The zero-order valence-corrected chi connectivity index (χ0v) is 13.8. The molecule has 3 aromatic rings. The Morgan fingerprint density at radius 2 is 2.04 bits per heavy atom. The lowest BCUT2D eigenvalue weighted by molar-refractivity contribution is 0.0959. The third kappa shape index (κ3) is 3.16. The number of benzene rings is 2. The molecule has 2 aromatic carbocycles. The lowest BCUT2D eigenvalue weighted by Crippen LogP contribution is -2.16. The molecule has 25 heavy (non-hydrogen) atoms. The highest BCUT2D eigenvalue weighted by molar-refractivity contribution is 7.17. The summed E-state index contributed by atoms with van der Waals surface area (Å²) in [6.45, 7) is 0.366. The van der Waals surface area contributed by atoms with Crippen LogP contribution in [0.25, 0.3) is 10.4 Å². The molecule has 4 rings (SSSR count). The van der Waals surface area contributed by atoms with Gasteiger partial charge in [0, 0.05) is 16.0 Å². The highest BCUT2D eigenvalue weighted by Gasteiger charge is 2.23. The van der Waals surface area contributed by atoms with Crippen LogP contribution in [0.2, 0.25) is 0 Å². The van der Waals surface area contributed by atoms with Crippen LogP contribution in [-0.2, 0) is 6.61 Å². The third-order valence-electron chi connectivity index (χ3n) is 3.78. The molecular weight excluding hydrogens is 339 g/mol. The second kappa shape index (κ2) is 6.49. The van der Waals surface area contributed by atoms with Gasteiger partial charge in [0.2, 0.25) is 0 Å². The Labute approximate surface area is 147 Å². The predicted molar refractivity (Wildman–Crippen MR) is 95.5 cm³/mol. The number of hydrazone groups is 1. The van der Waals surface area contributed by atoms with Gasteiger partial charge in [0.25, 0.3) is 5.91 Å². The quantitative estimate of drug-likeness (QED) is 0.567. The van der Waals surface area contributed by atoms with Crippen LogP contribution in [0, 0.1) is 5.82 Å². The minimum atomic E-state index is -0.331. The maximum Gasteiger partial charge on any atom is 0.281 e. The molecule has 124 valence electrons. The molecule has 0 atom stereocenters. The van der Waals surface area contributed by atoms with Gasteiger partial charge >= 0.3 is 0 Å². The molecule has 6 heteroatoms. The third-order valence-corrected chi connectivity index (χ3v) is 4.99. The second-order valence-corrected chi connectivity index (χ2v) is 6.56. The number of fused-ring (bicyclic) bond motifs is 3. The van der Waals surface area contributed by atoms with Gasteiger partial charge in [0.15, 0.2) is 0 Å². The van der Waals surface area contributed by atoms with Gasteiger partial charge in [-0.15, -0.1) is 11.3 Å². The first-order valence-corrected chi connectivity index (χ1v) is 8.46. The van der Waals surface area contributed by atoms with E-state index in [0.717, 1.165) is 16.0 Å². The Hall–Kier alpha value is -2.99. The van der Waals surface area contributed by atoms with E-state index in [1.807, 2.05) is 30.3 Å². The molecule has 0 fully saturated rings. The van der Waals surface area contributed by atoms with E-state index < -0.39 is 0 Å². The standard InChI is InChI=1S/C19H13FN2O2S/c20-14-6-7-16-15(9-14)18-13(11-24-16)8-17(25-18)19(23)22-21-10-12-4-2-1-3-5-12/h1-10H,11H2,(H,22,23)/b21-10+. The fraction of sp³-hybridized carbons (Fsp3) is 0.0526. The highest BCUT2D eigenvalue weighted by Crippen LogP contribution is 2.42. The summed E-state index contributed by atoms with van der Waals surface area (Å²) < 4.78 is 19.1. The summed E-state index contributed by atoms with van der Waals surface area (Å²) in [5.41, 5.74) is 4.97. The zero-order chi connectivity index (χ0) is 17.2. The number of nitrogens with zero attached hydrogens (tertiary/aromatic N) is 1. The molecule has 0 spiro atoms. The molecule has 1 aliphatic rings. The van der Waals surface area contributed by atoms with Gasteiger partial charge in [0.05, 0.1) is 11.1 Å². The van der Waals surface area contributed by atoms with E-state index in [2.05, 4.69) is 10.5 Å². The van der Waals surface area contributed by atoms with Crippen molar-refractivity contribution in [2.75, 3.05) is 0 Å². The first kappa shape index (κ1) is 15.5. The van der Waals surface area contributed by atoms with Crippen LogP contribution >= 0.6 is 11.3 Å². The van der Waals surface area contributed by atoms with Gasteiger partial charge in [0.1, 0.15) is 18.2 Å². The minimum absolute atomic E-state index is 0.301. The van der Waals surface area contributed by atoms with E-state index in [0.29, 0.717) is 22.8 Å². The van der Waals surface area contributed by atoms with Crippen LogP contribution in [0.5, 0.6) is 5.75 Å². The summed E-state index contributed by atoms with van der Waals surface area (Å²) in [6, 6.07) is 15.7. The van der Waals surface area contributed by atoms with E-state index in [1.165, 1.54) is 23.5 Å². The SMILES string of the molecule is O=C(N/N=C/c1ccccc1)c1cc2c(s1)-c1cc(F)ccc1OC2. The van der Waals surface area contributed by atoms with Gasteiger partial charge in [-0.05, 0) is 29.8 Å². The first-order chi connectivity index (χ1) is 12.2. The lowest BCUT2D eigenvalue weighted by atomic mass is 10.1. The monoisotopic (exact) mass is 352 g/mol. The van der Waals surface area contributed by atoms with Crippen LogP contribution in [-0.4, -0.2) is 12.1 Å². The van der Waals surface area contributed by atoms with E-state index in [-0.39, 0.29) is 11.7 Å². The van der Waals surface area contributed by atoms with Crippen molar-refractivity contribution in [3.63, 3.8) is 0 Å². The molecule has 0 saturated carbocycles. The Morgan fingerprint density at radius 1 is 1.20 bits per heavy atom. The minimum Gasteiger partial charge on any atom is -0.488 e. The van der Waals surface area contributed by atoms with Crippen molar-refractivity contribution in [1.29, 1.82) is 0 Å². The molecule has 0 aliphatic carbocycles. The van der Waals surface area contributed by atoms with Gasteiger partial charge in [-0.1, -0.05) is 30.3 Å². The smallest absolute Gasteiger partial charge is 0.281 e. The van der Waals surface area contributed by atoms with Gasteiger partial charge < -0.3 is 4.74 Å². The van der Waals surface area contributed by atoms with E-state index in [9.17, 15) is 9.18 Å². The topological polar surface area (TPSA) is 50.7 Å². The Kier molecular flexibility index (Phi) is 4.03. The van der Waals surface area contributed by atoms with Crippen molar-refractivity contribution in [2.45, 2.75) is 6.61 Å². The fourth-order valence-corrected chi connectivity index (χ4v) is 3.67. The number of thiophene rings is 1. The second-order valence-electron chi connectivity index (χ2n) is 5.50. The molecule has 2 heterocycles. The summed E-state index contributed by atoms with van der Waals surface area (Å²) in [7, 11) is 0. The van der Waals surface area contributed by atoms with E-state index in [4.69, 9.17) is 4.74 Å². The number of hydrogen-bond donors (Lipinski definition) is 1. The normalized spacial score (nSPS) is 12.4. The average molecular weight is 352 g/mol. The maximum absolute atomic E-state index is 13.5. The van der Waals surface area contributed by atoms with Gasteiger partial charge in [-0.25, -0.2) is 9.82 Å². The molecule has 1 N–H and O–H groups in total. The summed E-state index contributed by atoms with van der Waals surface area (Å²) >= 11 is 1.31. The van der Waals surface area contributed by atoms with Crippen LogP contribution in [0.3, 0.4) is 0 Å². The van der Waals surface area contributed by atoms with Gasteiger partial charge in [-0.3, -0.25) is 4.79 Å². The Morgan fingerprint density at radius 3 is 2.88 bits per heavy atom. The number of nitrogens with one attached hydrogen (secondary N) is 1. The van der Waals surface area contributed by atoms with Gasteiger partial charge in [-0.2, -0.15) is 5.10 Å². The first-order valence-electron chi connectivity index (χ1n) is 7.64. The van der Waals surface area contributed by atoms with E-state index >= 15 is 0 Å². The number of ether oxygens (including phenoxy) is 1. The van der Waals surface area contributed by atoms with Crippen LogP contribution in [0.1, 0.15) is 20.8 Å². The van der Waals surface area contributed by atoms with E-state index in [1.54, 1.807) is 18.3 Å². The van der Waals surface area contributed by atoms with Crippen molar-refractivity contribution in [3.8, 4) is 16.2 Å². The largest absolute Gasteiger partial charge is 0.488 e. The maximum atomic E-state index is 13.5. The number of amides is 1. The molecule has 0 saturated heterocycles. The van der Waals surface area contributed by atoms with Crippen molar-refractivity contribution < 1.29 is 13.9 Å².